The third-order valence-electron chi connectivity index (χ3n) is 5.82. The zero-order chi connectivity index (χ0) is 23.2. The Morgan fingerprint density at radius 3 is 2.42 bits per heavy atom. The number of hydrogen-bond acceptors (Lipinski definition) is 7. The molecule has 0 radical (unpaired) electrons. The SMILES string of the molecule is COc1ccc(N2CCC(NC(=O)Cc3csc(-c4ccc(OC)c(OC)c4)n3)CC2)cc1. The average Bonchev–Trinajstić information content (AvgIpc) is 3.32. The molecule has 174 valence electrons. The number of methoxy groups -OCH3 is 3. The summed E-state index contributed by atoms with van der Waals surface area (Å²) < 4.78 is 15.9. The Morgan fingerprint density at radius 2 is 1.76 bits per heavy atom. The molecule has 0 saturated carbocycles. The molecule has 1 saturated heterocycles. The highest BCUT2D eigenvalue weighted by Crippen LogP contribution is 2.33. The zero-order valence-electron chi connectivity index (χ0n) is 19.2. The smallest absolute Gasteiger partial charge is 0.226 e. The highest BCUT2D eigenvalue weighted by molar-refractivity contribution is 7.13. The largest absolute Gasteiger partial charge is 0.497 e. The number of carbonyl (C=O) groups is 1. The van der Waals surface area contributed by atoms with Crippen molar-refractivity contribution in [3.8, 4) is 27.8 Å². The van der Waals surface area contributed by atoms with Crippen molar-refractivity contribution in [1.29, 1.82) is 0 Å². The predicted octanol–water partition coefficient (Wildman–Crippen LogP) is 4.16. The van der Waals surface area contributed by atoms with E-state index < -0.39 is 0 Å². The maximum absolute atomic E-state index is 12.6. The first-order chi connectivity index (χ1) is 16.1. The number of hydrogen-bond donors (Lipinski definition) is 1. The number of anilines is 1. The molecular formula is C25H29N3O4S. The highest BCUT2D eigenvalue weighted by Gasteiger charge is 2.21. The Labute approximate surface area is 198 Å². The summed E-state index contributed by atoms with van der Waals surface area (Å²) in [4.78, 5) is 19.6. The van der Waals surface area contributed by atoms with Crippen LogP contribution in [0, 0.1) is 0 Å². The quantitative estimate of drug-likeness (QED) is 0.536. The van der Waals surface area contributed by atoms with E-state index in [-0.39, 0.29) is 18.4 Å². The normalized spacial score (nSPS) is 14.1. The molecule has 7 nitrogen and oxygen atoms in total. The molecule has 0 aliphatic carbocycles. The van der Waals surface area contributed by atoms with Crippen molar-refractivity contribution >= 4 is 22.9 Å². The van der Waals surface area contributed by atoms with E-state index >= 15 is 0 Å². The average molecular weight is 468 g/mol. The lowest BCUT2D eigenvalue weighted by Crippen LogP contribution is -2.45. The summed E-state index contributed by atoms with van der Waals surface area (Å²) in [6.07, 6.45) is 2.12. The standard InChI is InChI=1S/C25H29N3O4S/c1-30-21-7-5-20(6-8-21)28-12-10-18(11-13-28)26-24(29)15-19-16-33-25(27-19)17-4-9-22(31-2)23(14-17)32-3/h4-9,14,16,18H,10-13,15H2,1-3H3,(H,26,29). The van der Waals surface area contributed by atoms with Crippen LogP contribution in [0.4, 0.5) is 5.69 Å². The zero-order valence-corrected chi connectivity index (χ0v) is 20.0. The molecule has 1 aromatic heterocycles. The van der Waals surface area contributed by atoms with Crippen LogP contribution < -0.4 is 24.4 Å². The molecule has 1 fully saturated rings. The fraction of sp³-hybridized carbons (Fsp3) is 0.360. The molecule has 3 aromatic rings. The van der Waals surface area contributed by atoms with E-state index in [4.69, 9.17) is 14.2 Å². The van der Waals surface area contributed by atoms with Crippen LogP contribution in [0.25, 0.3) is 10.6 Å². The number of carbonyl (C=O) groups excluding carboxylic acids is 1. The van der Waals surface area contributed by atoms with Gasteiger partial charge in [-0.15, -0.1) is 11.3 Å². The molecule has 1 amide bonds. The molecule has 1 aliphatic rings. The second-order valence-corrected chi connectivity index (χ2v) is 8.78. The Bertz CT molecular complexity index is 1080. The lowest BCUT2D eigenvalue weighted by atomic mass is 10.0. The fourth-order valence-electron chi connectivity index (χ4n) is 4.01. The molecule has 0 unspecified atom stereocenters. The minimum absolute atomic E-state index is 0.0158. The molecule has 33 heavy (non-hydrogen) atoms. The molecular weight excluding hydrogens is 438 g/mol. The van der Waals surface area contributed by atoms with Crippen LogP contribution in [0.3, 0.4) is 0 Å². The Hall–Kier alpha value is -3.26. The van der Waals surface area contributed by atoms with Gasteiger partial charge in [0, 0.05) is 35.8 Å². The first-order valence-electron chi connectivity index (χ1n) is 10.9. The Morgan fingerprint density at radius 1 is 1.03 bits per heavy atom. The monoisotopic (exact) mass is 467 g/mol. The molecule has 1 aliphatic heterocycles. The maximum atomic E-state index is 12.6. The second kappa shape index (κ2) is 10.6. The van der Waals surface area contributed by atoms with E-state index in [1.807, 2.05) is 35.7 Å². The summed E-state index contributed by atoms with van der Waals surface area (Å²) in [6, 6.07) is 14.0. The number of thiazole rings is 1. The van der Waals surface area contributed by atoms with Gasteiger partial charge in [-0.3, -0.25) is 4.79 Å². The third kappa shape index (κ3) is 5.57. The summed E-state index contributed by atoms with van der Waals surface area (Å²) >= 11 is 1.52. The molecule has 0 atom stereocenters. The van der Waals surface area contributed by atoms with E-state index in [0.29, 0.717) is 11.5 Å². The van der Waals surface area contributed by atoms with Gasteiger partial charge in [0.15, 0.2) is 11.5 Å². The third-order valence-corrected chi connectivity index (χ3v) is 6.76. The van der Waals surface area contributed by atoms with Crippen molar-refractivity contribution in [2.75, 3.05) is 39.3 Å². The lowest BCUT2D eigenvalue weighted by molar-refractivity contribution is -0.121. The number of nitrogens with zero attached hydrogens (tertiary/aromatic N) is 2. The van der Waals surface area contributed by atoms with Crippen LogP contribution in [0.1, 0.15) is 18.5 Å². The number of ether oxygens (including phenoxy) is 3. The summed E-state index contributed by atoms with van der Waals surface area (Å²) in [5, 5.41) is 5.98. The Kier molecular flexibility index (Phi) is 7.34. The van der Waals surface area contributed by atoms with Crippen molar-refractivity contribution in [3.63, 3.8) is 0 Å². The first kappa shape index (κ1) is 22.9. The minimum atomic E-state index is 0.0158. The van der Waals surface area contributed by atoms with Gasteiger partial charge in [-0.05, 0) is 55.3 Å². The highest BCUT2D eigenvalue weighted by atomic mass is 32.1. The fourth-order valence-corrected chi connectivity index (χ4v) is 4.82. The van der Waals surface area contributed by atoms with Crippen LogP contribution in [-0.4, -0.2) is 51.4 Å². The van der Waals surface area contributed by atoms with Gasteiger partial charge in [0.1, 0.15) is 10.8 Å². The summed E-state index contributed by atoms with van der Waals surface area (Å²) in [5.74, 6) is 2.21. The molecule has 0 spiro atoms. The maximum Gasteiger partial charge on any atom is 0.226 e. The minimum Gasteiger partial charge on any atom is -0.497 e. The van der Waals surface area contributed by atoms with Gasteiger partial charge in [-0.2, -0.15) is 0 Å². The van der Waals surface area contributed by atoms with Crippen molar-refractivity contribution < 1.29 is 19.0 Å². The number of rotatable bonds is 8. The van der Waals surface area contributed by atoms with Crippen molar-refractivity contribution in [2.45, 2.75) is 25.3 Å². The summed E-state index contributed by atoms with van der Waals surface area (Å²) in [5.41, 5.74) is 2.90. The van der Waals surface area contributed by atoms with Crippen molar-refractivity contribution in [2.24, 2.45) is 0 Å². The first-order valence-corrected chi connectivity index (χ1v) is 11.8. The van der Waals surface area contributed by atoms with Crippen molar-refractivity contribution in [3.05, 3.63) is 53.5 Å². The Balaban J connectivity index is 1.29. The molecule has 4 rings (SSSR count). The van der Waals surface area contributed by atoms with Crippen LogP contribution >= 0.6 is 11.3 Å². The van der Waals surface area contributed by atoms with Gasteiger partial charge in [-0.25, -0.2) is 4.98 Å². The molecule has 0 bridgehead atoms. The molecule has 1 N–H and O–H groups in total. The topological polar surface area (TPSA) is 72.9 Å². The van der Waals surface area contributed by atoms with Gasteiger partial charge in [0.2, 0.25) is 5.91 Å². The number of piperidine rings is 1. The summed E-state index contributed by atoms with van der Waals surface area (Å²) in [6.45, 7) is 1.83. The van der Waals surface area contributed by atoms with Gasteiger partial charge >= 0.3 is 0 Å². The van der Waals surface area contributed by atoms with E-state index in [2.05, 4.69) is 27.3 Å². The van der Waals surface area contributed by atoms with Gasteiger partial charge in [-0.1, -0.05) is 0 Å². The summed E-state index contributed by atoms with van der Waals surface area (Å²) in [7, 11) is 4.90. The predicted molar refractivity (Wildman–Crippen MR) is 131 cm³/mol. The van der Waals surface area contributed by atoms with Crippen LogP contribution in [0.5, 0.6) is 17.2 Å². The second-order valence-electron chi connectivity index (χ2n) is 7.92. The number of aromatic nitrogens is 1. The van der Waals surface area contributed by atoms with Gasteiger partial charge < -0.3 is 24.4 Å². The lowest BCUT2D eigenvalue weighted by Gasteiger charge is -2.34. The number of benzene rings is 2. The van der Waals surface area contributed by atoms with E-state index in [1.54, 1.807) is 21.3 Å². The van der Waals surface area contributed by atoms with Crippen LogP contribution in [-0.2, 0) is 11.2 Å². The van der Waals surface area contributed by atoms with E-state index in [1.165, 1.54) is 17.0 Å². The van der Waals surface area contributed by atoms with E-state index in [0.717, 1.165) is 47.9 Å². The van der Waals surface area contributed by atoms with Gasteiger partial charge in [0.25, 0.3) is 0 Å². The van der Waals surface area contributed by atoms with Crippen molar-refractivity contribution in [1.82, 2.24) is 10.3 Å². The number of amides is 1. The molecule has 2 heterocycles. The molecule has 2 aromatic carbocycles. The number of nitrogens with one attached hydrogen (secondary N) is 1. The molecule has 8 heteroatoms. The van der Waals surface area contributed by atoms with Gasteiger partial charge in [0.05, 0.1) is 33.4 Å². The van der Waals surface area contributed by atoms with Crippen LogP contribution in [0.2, 0.25) is 0 Å². The van der Waals surface area contributed by atoms with Crippen LogP contribution in [0.15, 0.2) is 47.8 Å². The van der Waals surface area contributed by atoms with E-state index in [9.17, 15) is 4.79 Å².